The van der Waals surface area contributed by atoms with Crippen LogP contribution in [0.3, 0.4) is 0 Å². The van der Waals surface area contributed by atoms with Crippen molar-refractivity contribution in [3.05, 3.63) is 212 Å². The van der Waals surface area contributed by atoms with Crippen molar-refractivity contribution in [3.8, 4) is 0 Å². The molecule has 0 heterocycles. The zero-order valence-electron chi connectivity index (χ0n) is 30.0. The van der Waals surface area contributed by atoms with Crippen LogP contribution < -0.4 is 31.3 Å². The largest absolute Gasteiger partial charge is 0.334 e. The van der Waals surface area contributed by atoms with Crippen molar-refractivity contribution >= 4 is 68.2 Å². The Morgan fingerprint density at radius 1 is 0.316 bits per heavy atom. The highest BCUT2D eigenvalue weighted by molar-refractivity contribution is 6.06. The summed E-state index contributed by atoms with van der Waals surface area (Å²) in [6.45, 7) is 0. The second-order valence-electron chi connectivity index (χ2n) is 12.3. The molecule has 15 heteroatoms. The highest BCUT2D eigenvalue weighted by Crippen LogP contribution is 2.59. The van der Waals surface area contributed by atoms with Crippen LogP contribution in [0.5, 0.6) is 0 Å². The van der Waals surface area contributed by atoms with Gasteiger partial charge >= 0.3 is 17.1 Å². The summed E-state index contributed by atoms with van der Waals surface area (Å²) < 4.78 is 0. The molecule has 0 aliphatic heterocycles. The van der Waals surface area contributed by atoms with Crippen molar-refractivity contribution in [2.24, 2.45) is 0 Å². The minimum Gasteiger partial charge on any atom is -0.293 e. The van der Waals surface area contributed by atoms with Crippen LogP contribution in [0, 0.1) is 30.3 Å². The van der Waals surface area contributed by atoms with E-state index in [-0.39, 0.29) is 17.1 Å². The van der Waals surface area contributed by atoms with Crippen molar-refractivity contribution in [1.29, 1.82) is 0 Å². The lowest BCUT2D eigenvalue weighted by Crippen LogP contribution is -2.32. The van der Waals surface area contributed by atoms with E-state index in [0.29, 0.717) is 17.1 Å². The van der Waals surface area contributed by atoms with Gasteiger partial charge in [-0.1, -0.05) is 109 Å². The van der Waals surface area contributed by atoms with Gasteiger partial charge in [0.15, 0.2) is 0 Å². The molecular weight excluding hydrogens is 727 g/mol. The molecule has 0 spiro atoms. The highest BCUT2D eigenvalue weighted by atomic mass is 16.6. The van der Waals surface area contributed by atoms with Gasteiger partial charge in [-0.15, -0.1) is 0 Å². The number of para-hydroxylation sites is 6. The molecule has 0 radical (unpaired) electrons. The van der Waals surface area contributed by atoms with Gasteiger partial charge in [0, 0.05) is 0 Å². The molecule has 0 fully saturated rings. The van der Waals surface area contributed by atoms with Gasteiger partial charge < -0.3 is 0 Å². The van der Waals surface area contributed by atoms with E-state index < -0.39 is 48.9 Å². The van der Waals surface area contributed by atoms with Gasteiger partial charge in [0.25, 0.3) is 0 Å². The van der Waals surface area contributed by atoms with E-state index in [1.54, 1.807) is 182 Å². The highest BCUT2D eigenvalue weighted by Gasteiger charge is 2.49. The third-order valence-electron chi connectivity index (χ3n) is 8.65. The summed E-state index contributed by atoms with van der Waals surface area (Å²) in [6.07, 6.45) is 0. The molecule has 0 saturated carbocycles. The quantitative estimate of drug-likeness (QED) is 0.0667. The van der Waals surface area contributed by atoms with E-state index in [4.69, 9.17) is 0 Å². The van der Waals surface area contributed by atoms with E-state index in [1.807, 2.05) is 0 Å². The Bertz CT molecular complexity index is 2190. The van der Waals surface area contributed by atoms with Crippen molar-refractivity contribution < 1.29 is 14.8 Å². The first-order valence-corrected chi connectivity index (χ1v) is 17.5. The molecule has 0 aliphatic rings. The molecule has 0 aliphatic carbocycles. The average Bonchev–Trinajstić information content (AvgIpc) is 3.25. The standard InChI is InChI=1S/C42H33N9O6/c52-49(53)40-37(46(34-25-13-4-14-26-34)43-31-19-7-1-8-20-31)41(50(54)55)39(48(36-29-17-6-18-30-36)45-33-23-11-3-12-24-33)42(51(56)57)38(40)47(35-27-15-5-16-28-35)44-32-21-9-2-10-22-32/h1-30,43-45H. The van der Waals surface area contributed by atoms with E-state index in [2.05, 4.69) is 16.3 Å². The predicted molar refractivity (Wildman–Crippen MR) is 222 cm³/mol. The van der Waals surface area contributed by atoms with E-state index >= 15 is 0 Å². The van der Waals surface area contributed by atoms with Crippen molar-refractivity contribution in [3.63, 3.8) is 0 Å². The lowest BCUT2D eigenvalue weighted by atomic mass is 10.1. The summed E-state index contributed by atoms with van der Waals surface area (Å²) in [6, 6.07) is 50.6. The Morgan fingerprint density at radius 3 is 0.702 bits per heavy atom. The van der Waals surface area contributed by atoms with Gasteiger partial charge in [-0.3, -0.25) is 46.6 Å². The SMILES string of the molecule is O=[N+]([O-])c1c(N(Nc2ccccc2)c2ccccc2)c([N+](=O)[O-])c(N(Nc2ccccc2)c2ccccc2)c([N+](=O)[O-])c1N(Nc1ccccc1)c1ccccc1. The van der Waals surface area contributed by atoms with Crippen LogP contribution in [0.4, 0.5) is 68.2 Å². The van der Waals surface area contributed by atoms with Crippen LogP contribution in [-0.4, -0.2) is 14.8 Å². The van der Waals surface area contributed by atoms with E-state index in [9.17, 15) is 30.3 Å². The summed E-state index contributed by atoms with van der Waals surface area (Å²) in [7, 11) is 0. The van der Waals surface area contributed by atoms with Gasteiger partial charge in [-0.05, 0) is 72.8 Å². The summed E-state index contributed by atoms with van der Waals surface area (Å²) >= 11 is 0. The first kappa shape index (κ1) is 36.9. The van der Waals surface area contributed by atoms with Crippen LogP contribution in [0.15, 0.2) is 182 Å². The number of nitrogens with one attached hydrogen (secondary N) is 3. The lowest BCUT2D eigenvalue weighted by molar-refractivity contribution is -0.399. The number of benzene rings is 7. The van der Waals surface area contributed by atoms with E-state index in [0.717, 1.165) is 0 Å². The molecule has 7 aromatic rings. The fraction of sp³-hybridized carbons (Fsp3) is 0. The summed E-state index contributed by atoms with van der Waals surface area (Å²) in [5, 5.41) is 45.1. The third kappa shape index (κ3) is 7.92. The second-order valence-corrected chi connectivity index (χ2v) is 12.3. The molecule has 15 nitrogen and oxygen atoms in total. The lowest BCUT2D eigenvalue weighted by Gasteiger charge is -2.33. The molecule has 0 atom stereocenters. The zero-order valence-corrected chi connectivity index (χ0v) is 30.0. The normalized spacial score (nSPS) is 10.5. The van der Waals surface area contributed by atoms with Crippen LogP contribution in [0.2, 0.25) is 0 Å². The fourth-order valence-corrected chi connectivity index (χ4v) is 6.23. The average molecular weight is 760 g/mol. The molecule has 0 amide bonds. The molecule has 57 heavy (non-hydrogen) atoms. The number of anilines is 9. The van der Waals surface area contributed by atoms with Crippen LogP contribution in [-0.2, 0) is 0 Å². The molecule has 7 rings (SSSR count). The fourth-order valence-electron chi connectivity index (χ4n) is 6.23. The number of rotatable bonds is 15. The van der Waals surface area contributed by atoms with Gasteiger partial charge in [0.2, 0.25) is 17.1 Å². The molecule has 0 bridgehead atoms. The molecule has 7 aromatic carbocycles. The first-order chi connectivity index (χ1) is 27.8. The number of hydrogen-bond acceptors (Lipinski definition) is 12. The molecule has 0 saturated heterocycles. The van der Waals surface area contributed by atoms with Crippen LogP contribution in [0.25, 0.3) is 0 Å². The number of hydrazine groups is 3. The summed E-state index contributed by atoms with van der Waals surface area (Å²) in [5.41, 5.74) is 6.81. The Kier molecular flexibility index (Phi) is 10.8. The zero-order chi connectivity index (χ0) is 39.7. The van der Waals surface area contributed by atoms with Crippen molar-refractivity contribution in [2.45, 2.75) is 0 Å². The van der Waals surface area contributed by atoms with E-state index in [1.165, 1.54) is 15.0 Å². The predicted octanol–water partition coefficient (Wildman–Crippen LogP) is 10.9. The number of nitro groups is 3. The molecular formula is C42H33N9O6. The van der Waals surface area contributed by atoms with Gasteiger partial charge in [0.05, 0.1) is 48.9 Å². The smallest absolute Gasteiger partial charge is 0.293 e. The van der Waals surface area contributed by atoms with Crippen LogP contribution >= 0.6 is 0 Å². The monoisotopic (exact) mass is 759 g/mol. The Labute approximate surface area is 326 Å². The van der Waals surface area contributed by atoms with Crippen molar-refractivity contribution in [2.75, 3.05) is 31.3 Å². The summed E-state index contributed by atoms with van der Waals surface area (Å²) in [4.78, 5) is 39.0. The van der Waals surface area contributed by atoms with Gasteiger partial charge in [0.1, 0.15) is 0 Å². The molecule has 0 aromatic heterocycles. The van der Waals surface area contributed by atoms with Gasteiger partial charge in [-0.25, -0.2) is 15.0 Å². The number of nitrogens with zero attached hydrogens (tertiary/aromatic N) is 6. The number of hydrogen-bond donors (Lipinski definition) is 3. The minimum absolute atomic E-state index is 0.253. The number of nitro benzene ring substituents is 3. The second kappa shape index (κ2) is 16.7. The van der Waals surface area contributed by atoms with Gasteiger partial charge in [-0.2, -0.15) is 0 Å². The maximum absolute atomic E-state index is 13.8. The third-order valence-corrected chi connectivity index (χ3v) is 8.65. The Morgan fingerprint density at radius 2 is 0.509 bits per heavy atom. The maximum Gasteiger partial charge on any atom is 0.334 e. The first-order valence-electron chi connectivity index (χ1n) is 17.5. The Balaban J connectivity index is 1.70. The maximum atomic E-state index is 13.8. The van der Waals surface area contributed by atoms with Crippen molar-refractivity contribution in [1.82, 2.24) is 0 Å². The summed E-state index contributed by atoms with van der Waals surface area (Å²) in [5.74, 6) is 0. The van der Waals surface area contributed by atoms with Crippen LogP contribution in [0.1, 0.15) is 0 Å². The molecule has 282 valence electrons. The molecule has 3 N–H and O–H groups in total. The Hall–Kier alpha value is -8.46. The minimum atomic E-state index is -0.940. The topological polar surface area (TPSA) is 175 Å². The molecule has 0 unspecified atom stereocenters.